The highest BCUT2D eigenvalue weighted by atomic mass is 35.5. The summed E-state index contributed by atoms with van der Waals surface area (Å²) < 4.78 is 15.7. The van der Waals surface area contributed by atoms with Gasteiger partial charge in [0, 0.05) is 11.9 Å². The number of anilines is 1. The Morgan fingerprint density at radius 2 is 1.61 bits per heavy atom. The zero-order chi connectivity index (χ0) is 30.6. The number of carbonyl (C=O) groups excluding carboxylic acids is 1. The molecule has 0 aliphatic heterocycles. The van der Waals surface area contributed by atoms with Crippen LogP contribution in [0.1, 0.15) is 30.8 Å². The summed E-state index contributed by atoms with van der Waals surface area (Å²) in [7, 11) is 0. The maximum atomic E-state index is 14.3. The molecule has 6 nitrogen and oxygen atoms in total. The van der Waals surface area contributed by atoms with Crippen molar-refractivity contribution in [2.45, 2.75) is 25.8 Å². The molecule has 220 valence electrons. The highest BCUT2D eigenvalue weighted by Crippen LogP contribution is 2.30. The second-order valence-electron chi connectivity index (χ2n) is 10.5. The first-order valence-electron chi connectivity index (χ1n) is 14.5. The van der Waals surface area contributed by atoms with E-state index in [4.69, 9.17) is 16.6 Å². The summed E-state index contributed by atoms with van der Waals surface area (Å²) in [5.74, 6) is -0.232. The molecule has 0 radical (unpaired) electrons. The van der Waals surface area contributed by atoms with Gasteiger partial charge in [-0.1, -0.05) is 97.4 Å². The first-order valence-corrected chi connectivity index (χ1v) is 14.9. The smallest absolute Gasteiger partial charge is 0.314 e. The molecule has 0 aliphatic rings. The monoisotopic (exact) mass is 604 g/mol. The second-order valence-corrected chi connectivity index (χ2v) is 10.9. The Morgan fingerprint density at radius 1 is 0.909 bits per heavy atom. The number of nitrogens with one attached hydrogen (secondary N) is 1. The normalized spacial score (nSPS) is 11.9. The van der Waals surface area contributed by atoms with Crippen LogP contribution in [-0.4, -0.2) is 27.0 Å². The third-order valence-electron chi connectivity index (χ3n) is 7.80. The average Bonchev–Trinajstić information content (AvgIpc) is 3.05. The molecule has 6 rings (SSSR count). The molecule has 0 spiro atoms. The molecule has 2 amide bonds. The fraction of sp³-hybridized carbons (Fsp3) is 0.139. The summed E-state index contributed by atoms with van der Waals surface area (Å²) in [5.41, 5.74) is 2.30. The highest BCUT2D eigenvalue weighted by molar-refractivity contribution is 6.30. The molecule has 1 N–H and O–H groups in total. The van der Waals surface area contributed by atoms with Gasteiger partial charge in [-0.05, 0) is 60.2 Å². The van der Waals surface area contributed by atoms with Gasteiger partial charge in [-0.2, -0.15) is 0 Å². The maximum absolute atomic E-state index is 14.3. The summed E-state index contributed by atoms with van der Waals surface area (Å²) in [6.45, 7) is 2.31. The van der Waals surface area contributed by atoms with Gasteiger partial charge in [-0.15, -0.1) is 0 Å². The molecule has 1 atom stereocenters. The molecule has 5 aromatic carbocycles. The van der Waals surface area contributed by atoms with Crippen molar-refractivity contribution < 1.29 is 9.18 Å². The van der Waals surface area contributed by atoms with Crippen LogP contribution in [0.25, 0.3) is 27.4 Å². The number of hydrogen-bond acceptors (Lipinski definition) is 3. The van der Waals surface area contributed by atoms with Gasteiger partial charge >= 0.3 is 6.03 Å². The molecule has 0 bridgehead atoms. The van der Waals surface area contributed by atoms with E-state index in [1.807, 2.05) is 85.8 Å². The molecule has 1 aromatic heterocycles. The molecule has 0 aliphatic carbocycles. The van der Waals surface area contributed by atoms with Crippen LogP contribution in [0.5, 0.6) is 0 Å². The van der Waals surface area contributed by atoms with Gasteiger partial charge in [0.25, 0.3) is 5.56 Å². The molecule has 0 fully saturated rings. The number of halogens is 2. The lowest BCUT2D eigenvalue weighted by molar-refractivity contribution is 0.182. The number of amides is 2. The second kappa shape index (κ2) is 12.7. The number of benzene rings is 5. The number of rotatable bonds is 8. The van der Waals surface area contributed by atoms with Crippen molar-refractivity contribution in [1.82, 2.24) is 14.5 Å². The standard InChI is InChI=1S/C36H30ClFN4O2/c1-2-33(34-39-32-17-9-8-16-28(32)35(43)42(34)26-19-20-30(38)29(37)23-26)41(22-21-24-11-4-3-5-12-24)36(44)40-31-18-10-14-25-13-6-7-15-27(25)31/h3-20,23,33H,2,21-22H2,1H3,(H,40,44). The fourth-order valence-corrected chi connectivity index (χ4v) is 5.78. The molecule has 8 heteroatoms. The largest absolute Gasteiger partial charge is 0.322 e. The number of nitrogens with zero attached hydrogens (tertiary/aromatic N) is 3. The van der Waals surface area contributed by atoms with Gasteiger partial charge in [-0.25, -0.2) is 14.2 Å². The van der Waals surface area contributed by atoms with Crippen molar-refractivity contribution in [2.75, 3.05) is 11.9 Å². The molecule has 6 aromatic rings. The minimum atomic E-state index is -0.616. The van der Waals surface area contributed by atoms with E-state index in [0.717, 1.165) is 16.3 Å². The average molecular weight is 605 g/mol. The fourth-order valence-electron chi connectivity index (χ4n) is 5.60. The molecule has 1 heterocycles. The summed E-state index contributed by atoms with van der Waals surface area (Å²) in [4.78, 5) is 35.0. The molecule has 0 saturated carbocycles. The van der Waals surface area contributed by atoms with Crippen molar-refractivity contribution in [1.29, 1.82) is 0 Å². The van der Waals surface area contributed by atoms with E-state index in [0.29, 0.717) is 47.5 Å². The first-order chi connectivity index (χ1) is 21.4. The van der Waals surface area contributed by atoms with Crippen LogP contribution >= 0.6 is 11.6 Å². The number of para-hydroxylation sites is 1. The Balaban J connectivity index is 1.49. The van der Waals surface area contributed by atoms with Crippen molar-refractivity contribution in [3.8, 4) is 5.69 Å². The Morgan fingerprint density at radius 3 is 2.39 bits per heavy atom. The number of carbonyl (C=O) groups is 1. The van der Waals surface area contributed by atoms with Gasteiger partial charge < -0.3 is 10.2 Å². The van der Waals surface area contributed by atoms with Crippen LogP contribution in [0.15, 0.2) is 120 Å². The van der Waals surface area contributed by atoms with Gasteiger partial charge in [0.15, 0.2) is 0 Å². The first kappa shape index (κ1) is 29.1. The van der Waals surface area contributed by atoms with E-state index in [1.165, 1.54) is 22.8 Å². The van der Waals surface area contributed by atoms with Crippen LogP contribution in [0.2, 0.25) is 5.02 Å². The number of urea groups is 1. The third-order valence-corrected chi connectivity index (χ3v) is 8.09. The SMILES string of the molecule is CCC(c1nc2ccccc2c(=O)n1-c1ccc(F)c(Cl)c1)N(CCc1ccccc1)C(=O)Nc1cccc2ccccc12. The van der Waals surface area contributed by atoms with E-state index in [9.17, 15) is 14.0 Å². The van der Waals surface area contributed by atoms with Crippen LogP contribution in [0, 0.1) is 5.82 Å². The van der Waals surface area contributed by atoms with Gasteiger partial charge in [0.2, 0.25) is 0 Å². The summed E-state index contributed by atoms with van der Waals surface area (Å²) in [6, 6.07) is 33.8. The Kier molecular flexibility index (Phi) is 8.39. The number of fused-ring (bicyclic) bond motifs is 2. The lowest BCUT2D eigenvalue weighted by Gasteiger charge is -2.32. The zero-order valence-electron chi connectivity index (χ0n) is 24.1. The molecular weight excluding hydrogens is 575 g/mol. The quantitative estimate of drug-likeness (QED) is 0.189. The van der Waals surface area contributed by atoms with E-state index in [2.05, 4.69) is 5.32 Å². The third kappa shape index (κ3) is 5.79. The van der Waals surface area contributed by atoms with Crippen LogP contribution in [0.4, 0.5) is 14.9 Å². The lowest BCUT2D eigenvalue weighted by Crippen LogP contribution is -2.42. The van der Waals surface area contributed by atoms with E-state index >= 15 is 0 Å². The number of aromatic nitrogens is 2. The highest BCUT2D eigenvalue weighted by Gasteiger charge is 2.29. The summed E-state index contributed by atoms with van der Waals surface area (Å²) in [5, 5.41) is 5.35. The van der Waals surface area contributed by atoms with Gasteiger partial charge in [0.05, 0.1) is 33.3 Å². The van der Waals surface area contributed by atoms with Crippen molar-refractivity contribution >= 4 is 45.0 Å². The lowest BCUT2D eigenvalue weighted by atomic mass is 10.1. The zero-order valence-corrected chi connectivity index (χ0v) is 24.8. The van der Waals surface area contributed by atoms with Crippen LogP contribution in [0.3, 0.4) is 0 Å². The maximum Gasteiger partial charge on any atom is 0.322 e. The summed E-state index contributed by atoms with van der Waals surface area (Å²) >= 11 is 6.18. The van der Waals surface area contributed by atoms with Crippen molar-refractivity contribution in [3.05, 3.63) is 148 Å². The van der Waals surface area contributed by atoms with Gasteiger partial charge in [-0.3, -0.25) is 9.36 Å². The molecular formula is C36H30ClFN4O2. The Labute approximate surface area is 259 Å². The van der Waals surface area contributed by atoms with E-state index in [-0.39, 0.29) is 16.6 Å². The molecule has 0 saturated heterocycles. The minimum absolute atomic E-state index is 0.115. The number of hydrogen-bond donors (Lipinski definition) is 1. The predicted octanol–water partition coefficient (Wildman–Crippen LogP) is 8.56. The Hall–Kier alpha value is -5.01. The molecule has 1 unspecified atom stereocenters. The summed E-state index contributed by atoms with van der Waals surface area (Å²) in [6.07, 6.45) is 1.04. The predicted molar refractivity (Wildman–Crippen MR) is 175 cm³/mol. The van der Waals surface area contributed by atoms with Gasteiger partial charge in [0.1, 0.15) is 11.6 Å². The van der Waals surface area contributed by atoms with Crippen molar-refractivity contribution in [2.24, 2.45) is 0 Å². The van der Waals surface area contributed by atoms with E-state index in [1.54, 1.807) is 23.1 Å². The van der Waals surface area contributed by atoms with Crippen molar-refractivity contribution in [3.63, 3.8) is 0 Å². The Bertz CT molecular complexity index is 2020. The molecule has 44 heavy (non-hydrogen) atoms. The topological polar surface area (TPSA) is 67.2 Å². The van der Waals surface area contributed by atoms with Crippen LogP contribution in [-0.2, 0) is 6.42 Å². The van der Waals surface area contributed by atoms with Crippen LogP contribution < -0.4 is 10.9 Å². The minimum Gasteiger partial charge on any atom is -0.314 e. The van der Waals surface area contributed by atoms with E-state index < -0.39 is 11.9 Å².